The van der Waals surface area contributed by atoms with E-state index in [0.717, 1.165) is 0 Å². The molecule has 0 saturated heterocycles. The molecule has 0 spiro atoms. The van der Waals surface area contributed by atoms with Crippen LogP contribution in [0.25, 0.3) is 0 Å². The van der Waals surface area contributed by atoms with E-state index < -0.39 is 5.82 Å². The van der Waals surface area contributed by atoms with Crippen molar-refractivity contribution in [1.82, 2.24) is 4.98 Å². The van der Waals surface area contributed by atoms with Crippen molar-refractivity contribution in [1.29, 1.82) is 0 Å². The highest BCUT2D eigenvalue weighted by atomic mass is 19.1. The molecule has 1 aromatic carbocycles. The van der Waals surface area contributed by atoms with Gasteiger partial charge < -0.3 is 10.1 Å². The number of pyridine rings is 1. The average Bonchev–Trinajstić information content (AvgIpc) is 2.42. The van der Waals surface area contributed by atoms with Gasteiger partial charge in [-0.3, -0.25) is 9.78 Å². The number of aromatic nitrogens is 1. The number of rotatable bonds is 5. The Morgan fingerprint density at radius 3 is 2.84 bits per heavy atom. The minimum absolute atomic E-state index is 0.118. The molecule has 0 fully saturated rings. The topological polar surface area (TPSA) is 51.2 Å². The molecule has 1 aromatic heterocycles. The Kier molecular flexibility index (Phi) is 4.44. The summed E-state index contributed by atoms with van der Waals surface area (Å²) < 4.78 is 18.4. The van der Waals surface area contributed by atoms with E-state index in [9.17, 15) is 9.18 Å². The lowest BCUT2D eigenvalue weighted by Crippen LogP contribution is -2.15. The molecule has 4 nitrogen and oxygen atoms in total. The molecular formula is C14H13FN2O2. The zero-order chi connectivity index (χ0) is 13.5. The van der Waals surface area contributed by atoms with E-state index in [0.29, 0.717) is 5.69 Å². The fraction of sp³-hybridized carbons (Fsp3) is 0.143. The number of hydrogen-bond acceptors (Lipinski definition) is 3. The van der Waals surface area contributed by atoms with Crippen molar-refractivity contribution in [3.63, 3.8) is 0 Å². The van der Waals surface area contributed by atoms with Crippen molar-refractivity contribution in [3.05, 3.63) is 54.6 Å². The van der Waals surface area contributed by atoms with Gasteiger partial charge in [0.1, 0.15) is 0 Å². The summed E-state index contributed by atoms with van der Waals surface area (Å²) in [6.45, 7) is 0.118. The Labute approximate surface area is 110 Å². The van der Waals surface area contributed by atoms with Crippen molar-refractivity contribution >= 4 is 11.6 Å². The van der Waals surface area contributed by atoms with Gasteiger partial charge in [-0.2, -0.15) is 0 Å². The number of hydrogen-bond donors (Lipinski definition) is 1. The van der Waals surface area contributed by atoms with Crippen LogP contribution in [0.1, 0.15) is 6.42 Å². The minimum Gasteiger partial charge on any atom is -0.490 e. The Hall–Kier alpha value is -2.43. The van der Waals surface area contributed by atoms with Crippen LogP contribution in [0.4, 0.5) is 10.1 Å². The smallest absolute Gasteiger partial charge is 0.227 e. The first-order valence-electron chi connectivity index (χ1n) is 5.83. The molecule has 2 rings (SSSR count). The molecule has 5 heteroatoms. The summed E-state index contributed by atoms with van der Waals surface area (Å²) >= 11 is 0. The summed E-state index contributed by atoms with van der Waals surface area (Å²) in [5, 5.41) is 2.67. The number of carbonyl (C=O) groups excluding carboxylic acids is 1. The molecule has 98 valence electrons. The molecule has 0 aliphatic rings. The molecule has 1 heterocycles. The first-order valence-corrected chi connectivity index (χ1v) is 5.83. The third-order valence-electron chi connectivity index (χ3n) is 2.37. The summed E-state index contributed by atoms with van der Waals surface area (Å²) in [6.07, 6.45) is 3.32. The molecule has 0 unspecified atom stereocenters. The number of carbonyl (C=O) groups is 1. The van der Waals surface area contributed by atoms with Crippen LogP contribution in [0.15, 0.2) is 48.8 Å². The van der Waals surface area contributed by atoms with Crippen molar-refractivity contribution in [2.45, 2.75) is 6.42 Å². The molecule has 0 bridgehead atoms. The summed E-state index contributed by atoms with van der Waals surface area (Å²) in [6, 6.07) is 9.55. The minimum atomic E-state index is -0.435. The van der Waals surface area contributed by atoms with E-state index in [1.807, 2.05) is 0 Å². The second-order valence-corrected chi connectivity index (χ2v) is 3.82. The highest BCUT2D eigenvalue weighted by Gasteiger charge is 2.05. The molecule has 0 aliphatic heterocycles. The maximum absolute atomic E-state index is 13.2. The van der Waals surface area contributed by atoms with E-state index in [1.54, 1.807) is 36.7 Å². The summed E-state index contributed by atoms with van der Waals surface area (Å²) in [4.78, 5) is 15.5. The predicted molar refractivity (Wildman–Crippen MR) is 69.4 cm³/mol. The molecule has 2 aromatic rings. The first-order chi connectivity index (χ1) is 9.25. The lowest BCUT2D eigenvalue weighted by atomic mass is 10.3. The van der Waals surface area contributed by atoms with Crippen molar-refractivity contribution in [2.24, 2.45) is 0 Å². The fourth-order valence-corrected chi connectivity index (χ4v) is 1.48. The standard InChI is InChI=1S/C14H13FN2O2/c15-12-5-1-2-6-13(12)19-9-7-14(18)17-11-4-3-8-16-10-11/h1-6,8,10H,7,9H2,(H,17,18). The maximum Gasteiger partial charge on any atom is 0.227 e. The number of benzene rings is 1. The van der Waals surface area contributed by atoms with Crippen LogP contribution in [0.3, 0.4) is 0 Å². The van der Waals surface area contributed by atoms with Crippen LogP contribution in [-0.4, -0.2) is 17.5 Å². The maximum atomic E-state index is 13.2. The van der Waals surface area contributed by atoms with Gasteiger partial charge in [-0.1, -0.05) is 12.1 Å². The third kappa shape index (κ3) is 4.06. The van der Waals surface area contributed by atoms with E-state index >= 15 is 0 Å². The predicted octanol–water partition coefficient (Wildman–Crippen LogP) is 2.63. The normalized spacial score (nSPS) is 9.95. The number of amides is 1. The second-order valence-electron chi connectivity index (χ2n) is 3.82. The quantitative estimate of drug-likeness (QED) is 0.899. The largest absolute Gasteiger partial charge is 0.490 e. The zero-order valence-electron chi connectivity index (χ0n) is 10.2. The highest BCUT2D eigenvalue weighted by molar-refractivity contribution is 5.90. The van der Waals surface area contributed by atoms with Crippen LogP contribution in [0, 0.1) is 5.82 Å². The van der Waals surface area contributed by atoms with Crippen LogP contribution in [-0.2, 0) is 4.79 Å². The van der Waals surface area contributed by atoms with Crippen LogP contribution >= 0.6 is 0 Å². The summed E-state index contributed by atoms with van der Waals surface area (Å²) in [7, 11) is 0. The van der Waals surface area contributed by atoms with Gasteiger partial charge in [0.25, 0.3) is 0 Å². The third-order valence-corrected chi connectivity index (χ3v) is 2.37. The molecule has 1 N–H and O–H groups in total. The lowest BCUT2D eigenvalue weighted by molar-refractivity contribution is -0.116. The van der Waals surface area contributed by atoms with E-state index in [4.69, 9.17) is 4.74 Å². The van der Waals surface area contributed by atoms with Gasteiger partial charge in [0.15, 0.2) is 11.6 Å². The van der Waals surface area contributed by atoms with E-state index in [1.165, 1.54) is 12.1 Å². The molecule has 0 radical (unpaired) electrons. The average molecular weight is 260 g/mol. The number of halogens is 1. The fourth-order valence-electron chi connectivity index (χ4n) is 1.48. The molecule has 0 saturated carbocycles. The van der Waals surface area contributed by atoms with Gasteiger partial charge in [0, 0.05) is 6.20 Å². The lowest BCUT2D eigenvalue weighted by Gasteiger charge is -2.07. The second kappa shape index (κ2) is 6.49. The zero-order valence-corrected chi connectivity index (χ0v) is 10.2. The van der Waals surface area contributed by atoms with Gasteiger partial charge in [-0.25, -0.2) is 4.39 Å². The Morgan fingerprint density at radius 2 is 2.11 bits per heavy atom. The number of nitrogens with one attached hydrogen (secondary N) is 1. The van der Waals surface area contributed by atoms with Crippen molar-refractivity contribution in [3.8, 4) is 5.75 Å². The molecule has 0 atom stereocenters. The van der Waals surface area contributed by atoms with Gasteiger partial charge >= 0.3 is 0 Å². The molecule has 0 aliphatic carbocycles. The Morgan fingerprint density at radius 1 is 1.26 bits per heavy atom. The summed E-state index contributed by atoms with van der Waals surface area (Å²) in [5.41, 5.74) is 0.624. The number of para-hydroxylation sites is 1. The number of anilines is 1. The highest BCUT2D eigenvalue weighted by Crippen LogP contribution is 2.15. The number of nitrogens with zero attached hydrogens (tertiary/aromatic N) is 1. The van der Waals surface area contributed by atoms with E-state index in [2.05, 4.69) is 10.3 Å². The van der Waals surface area contributed by atoms with Gasteiger partial charge in [-0.05, 0) is 24.3 Å². The molecule has 1 amide bonds. The Bertz CT molecular complexity index is 546. The van der Waals surface area contributed by atoms with Crippen molar-refractivity contribution < 1.29 is 13.9 Å². The van der Waals surface area contributed by atoms with Gasteiger partial charge in [0.2, 0.25) is 5.91 Å². The van der Waals surface area contributed by atoms with Crippen LogP contribution < -0.4 is 10.1 Å². The van der Waals surface area contributed by atoms with Gasteiger partial charge in [0.05, 0.1) is 24.9 Å². The van der Waals surface area contributed by atoms with E-state index in [-0.39, 0.29) is 24.7 Å². The molecular weight excluding hydrogens is 247 g/mol. The Balaban J connectivity index is 1.77. The van der Waals surface area contributed by atoms with Crippen LogP contribution in [0.2, 0.25) is 0 Å². The van der Waals surface area contributed by atoms with Gasteiger partial charge in [-0.15, -0.1) is 0 Å². The monoisotopic (exact) mass is 260 g/mol. The summed E-state index contributed by atoms with van der Waals surface area (Å²) in [5.74, 6) is -0.490. The van der Waals surface area contributed by atoms with Crippen LogP contribution in [0.5, 0.6) is 5.75 Å². The SMILES string of the molecule is O=C(CCOc1ccccc1F)Nc1cccnc1. The first kappa shape index (κ1) is 13.0. The number of ether oxygens (including phenoxy) is 1. The molecule has 19 heavy (non-hydrogen) atoms. The van der Waals surface area contributed by atoms with Crippen molar-refractivity contribution in [2.75, 3.05) is 11.9 Å².